The number of hydrogen-bond acceptors (Lipinski definition) is 4. The molecule has 1 aliphatic heterocycles. The maximum atomic E-state index is 12.8. The van der Waals surface area contributed by atoms with Gasteiger partial charge in [-0.2, -0.15) is 4.31 Å². The molecule has 0 radical (unpaired) electrons. The predicted octanol–water partition coefficient (Wildman–Crippen LogP) is 3.25. The van der Waals surface area contributed by atoms with Gasteiger partial charge in [-0.3, -0.25) is 9.69 Å². The number of benzene rings is 2. The number of halogens is 2. The second kappa shape index (κ2) is 8.80. The number of carbonyl (C=O) groups excluding carboxylic acids is 1. The Kier molecular flexibility index (Phi) is 6.62. The lowest BCUT2D eigenvalue weighted by atomic mass is 10.2. The van der Waals surface area contributed by atoms with Crippen LogP contribution in [0.15, 0.2) is 47.4 Å². The predicted molar refractivity (Wildman–Crippen MR) is 111 cm³/mol. The molecule has 28 heavy (non-hydrogen) atoms. The quantitative estimate of drug-likeness (QED) is 0.772. The minimum atomic E-state index is -3.73. The lowest BCUT2D eigenvalue weighted by Crippen LogP contribution is -2.50. The molecule has 0 atom stereocenters. The van der Waals surface area contributed by atoms with Gasteiger partial charge in [-0.1, -0.05) is 47.0 Å². The fourth-order valence-corrected chi connectivity index (χ4v) is 5.15. The van der Waals surface area contributed by atoms with E-state index >= 15 is 0 Å². The van der Waals surface area contributed by atoms with Crippen molar-refractivity contribution in [1.82, 2.24) is 9.21 Å². The minimum Gasteiger partial charge on any atom is -0.325 e. The van der Waals surface area contributed by atoms with E-state index in [2.05, 4.69) is 5.32 Å². The molecule has 1 amide bonds. The van der Waals surface area contributed by atoms with Gasteiger partial charge in [0.2, 0.25) is 15.9 Å². The molecule has 3 rings (SSSR count). The van der Waals surface area contributed by atoms with Crippen LogP contribution in [0.25, 0.3) is 0 Å². The molecule has 6 nitrogen and oxygen atoms in total. The number of anilines is 1. The molecule has 1 fully saturated rings. The van der Waals surface area contributed by atoms with Gasteiger partial charge in [-0.25, -0.2) is 8.42 Å². The molecule has 2 aromatic rings. The average molecular weight is 442 g/mol. The average Bonchev–Trinajstić information content (AvgIpc) is 2.66. The smallest absolute Gasteiger partial charge is 0.244 e. The second-order valence-corrected chi connectivity index (χ2v) is 9.34. The van der Waals surface area contributed by atoms with Crippen molar-refractivity contribution in [3.8, 4) is 0 Å². The summed E-state index contributed by atoms with van der Waals surface area (Å²) in [5.41, 5.74) is 1.86. The first-order chi connectivity index (χ1) is 13.3. The van der Waals surface area contributed by atoms with Crippen molar-refractivity contribution in [2.75, 3.05) is 38.0 Å². The number of nitrogens with zero attached hydrogens (tertiary/aromatic N) is 2. The van der Waals surface area contributed by atoms with Gasteiger partial charge in [-0.15, -0.1) is 0 Å². The van der Waals surface area contributed by atoms with E-state index in [4.69, 9.17) is 23.2 Å². The zero-order valence-electron chi connectivity index (χ0n) is 15.4. The third kappa shape index (κ3) is 4.85. The fourth-order valence-electron chi connectivity index (χ4n) is 2.99. The van der Waals surface area contributed by atoms with E-state index in [-0.39, 0.29) is 40.5 Å². The van der Waals surface area contributed by atoms with E-state index in [0.29, 0.717) is 13.1 Å². The molecular formula is C19H21Cl2N3O3S. The number of piperazine rings is 1. The maximum Gasteiger partial charge on any atom is 0.244 e. The molecule has 1 saturated heterocycles. The van der Waals surface area contributed by atoms with Crippen molar-refractivity contribution < 1.29 is 13.2 Å². The van der Waals surface area contributed by atoms with Gasteiger partial charge >= 0.3 is 0 Å². The van der Waals surface area contributed by atoms with Crippen LogP contribution in [0.1, 0.15) is 5.56 Å². The second-order valence-electron chi connectivity index (χ2n) is 6.65. The Bertz CT molecular complexity index is 957. The Morgan fingerprint density at radius 3 is 2.32 bits per heavy atom. The van der Waals surface area contributed by atoms with Crippen molar-refractivity contribution in [2.45, 2.75) is 11.8 Å². The molecule has 0 unspecified atom stereocenters. The molecule has 0 aromatic heterocycles. The minimum absolute atomic E-state index is 0.00670. The zero-order valence-corrected chi connectivity index (χ0v) is 17.7. The summed E-state index contributed by atoms with van der Waals surface area (Å²) < 4.78 is 27.1. The Morgan fingerprint density at radius 1 is 1.04 bits per heavy atom. The van der Waals surface area contributed by atoms with E-state index in [1.807, 2.05) is 36.1 Å². The molecule has 150 valence electrons. The highest BCUT2D eigenvalue weighted by molar-refractivity contribution is 7.89. The Morgan fingerprint density at radius 2 is 1.68 bits per heavy atom. The zero-order chi connectivity index (χ0) is 20.3. The SMILES string of the molecule is Cc1ccc(NC(=O)CN2CCN(S(=O)(=O)c3cccc(Cl)c3Cl)CC2)cc1. The lowest BCUT2D eigenvalue weighted by molar-refractivity contribution is -0.117. The number of sulfonamides is 1. The van der Waals surface area contributed by atoms with Crippen molar-refractivity contribution in [1.29, 1.82) is 0 Å². The number of carbonyl (C=O) groups is 1. The van der Waals surface area contributed by atoms with Gasteiger partial charge in [0, 0.05) is 31.9 Å². The van der Waals surface area contributed by atoms with Crippen LogP contribution in [0.4, 0.5) is 5.69 Å². The molecule has 1 aliphatic rings. The highest BCUT2D eigenvalue weighted by Gasteiger charge is 2.31. The third-order valence-electron chi connectivity index (χ3n) is 4.57. The van der Waals surface area contributed by atoms with E-state index in [0.717, 1.165) is 11.3 Å². The molecule has 1 heterocycles. The summed E-state index contributed by atoms with van der Waals surface area (Å²) in [6.45, 7) is 3.67. The van der Waals surface area contributed by atoms with Crippen LogP contribution in [0.5, 0.6) is 0 Å². The van der Waals surface area contributed by atoms with Crippen molar-refractivity contribution in [3.05, 3.63) is 58.1 Å². The summed E-state index contributed by atoms with van der Waals surface area (Å²) in [6.07, 6.45) is 0. The fraction of sp³-hybridized carbons (Fsp3) is 0.316. The first kappa shape index (κ1) is 21.1. The van der Waals surface area contributed by atoms with Crippen LogP contribution in [0.2, 0.25) is 10.0 Å². The summed E-state index contributed by atoms with van der Waals surface area (Å²) in [5, 5.41) is 3.09. The topological polar surface area (TPSA) is 69.7 Å². The van der Waals surface area contributed by atoms with Crippen LogP contribution >= 0.6 is 23.2 Å². The van der Waals surface area contributed by atoms with Crippen LogP contribution in [0, 0.1) is 6.92 Å². The molecule has 0 aliphatic carbocycles. The Balaban J connectivity index is 1.57. The third-order valence-corrected chi connectivity index (χ3v) is 7.44. The standard InChI is InChI=1S/C19H21Cl2N3O3S/c1-14-5-7-15(8-6-14)22-18(25)13-23-9-11-24(12-10-23)28(26,27)17-4-2-3-16(20)19(17)21/h2-8H,9-13H2,1H3,(H,22,25). The highest BCUT2D eigenvalue weighted by atomic mass is 35.5. The van der Waals surface area contributed by atoms with Gasteiger partial charge in [0.1, 0.15) is 4.90 Å². The first-order valence-electron chi connectivity index (χ1n) is 8.80. The summed E-state index contributed by atoms with van der Waals surface area (Å²) in [4.78, 5) is 14.2. The number of amides is 1. The summed E-state index contributed by atoms with van der Waals surface area (Å²) in [7, 11) is -3.73. The molecule has 0 spiro atoms. The van der Waals surface area contributed by atoms with E-state index < -0.39 is 10.0 Å². The van der Waals surface area contributed by atoms with E-state index in [1.54, 1.807) is 12.1 Å². The largest absolute Gasteiger partial charge is 0.325 e. The molecule has 0 bridgehead atoms. The van der Waals surface area contributed by atoms with Gasteiger partial charge in [0.25, 0.3) is 0 Å². The van der Waals surface area contributed by atoms with E-state index in [1.165, 1.54) is 10.4 Å². The monoisotopic (exact) mass is 441 g/mol. The molecule has 2 aromatic carbocycles. The summed E-state index contributed by atoms with van der Waals surface area (Å²) in [5.74, 6) is -0.127. The van der Waals surface area contributed by atoms with Crippen LogP contribution in [0.3, 0.4) is 0 Å². The Labute approximate surface area is 175 Å². The molecule has 0 saturated carbocycles. The lowest BCUT2D eigenvalue weighted by Gasteiger charge is -2.33. The highest BCUT2D eigenvalue weighted by Crippen LogP contribution is 2.31. The Hall–Kier alpha value is -1.64. The van der Waals surface area contributed by atoms with Crippen LogP contribution in [-0.2, 0) is 14.8 Å². The van der Waals surface area contributed by atoms with Crippen molar-refractivity contribution >= 4 is 44.8 Å². The van der Waals surface area contributed by atoms with Crippen LogP contribution in [-0.4, -0.2) is 56.3 Å². The van der Waals surface area contributed by atoms with Gasteiger partial charge in [-0.05, 0) is 31.2 Å². The van der Waals surface area contributed by atoms with Gasteiger partial charge in [0.15, 0.2) is 0 Å². The van der Waals surface area contributed by atoms with E-state index in [9.17, 15) is 13.2 Å². The number of rotatable bonds is 5. The van der Waals surface area contributed by atoms with Crippen LogP contribution < -0.4 is 5.32 Å². The number of aryl methyl sites for hydroxylation is 1. The normalized spacial score (nSPS) is 16.1. The number of hydrogen-bond donors (Lipinski definition) is 1. The maximum absolute atomic E-state index is 12.8. The van der Waals surface area contributed by atoms with Gasteiger partial charge < -0.3 is 5.32 Å². The summed E-state index contributed by atoms with van der Waals surface area (Å²) in [6, 6.07) is 12.1. The molecular weight excluding hydrogens is 421 g/mol. The first-order valence-corrected chi connectivity index (χ1v) is 11.0. The van der Waals surface area contributed by atoms with Crippen molar-refractivity contribution in [3.63, 3.8) is 0 Å². The molecule has 1 N–H and O–H groups in total. The molecule has 9 heteroatoms. The summed E-state index contributed by atoms with van der Waals surface area (Å²) >= 11 is 12.0. The number of nitrogens with one attached hydrogen (secondary N) is 1. The van der Waals surface area contributed by atoms with Gasteiger partial charge in [0.05, 0.1) is 16.6 Å². The van der Waals surface area contributed by atoms with Crippen molar-refractivity contribution in [2.24, 2.45) is 0 Å².